The van der Waals surface area contributed by atoms with Gasteiger partial charge in [0.1, 0.15) is 11.3 Å². The quantitative estimate of drug-likeness (QED) is 0.378. The molecule has 1 aliphatic rings. The van der Waals surface area contributed by atoms with E-state index in [0.717, 1.165) is 22.3 Å². The molecule has 1 unspecified atom stereocenters. The Hall–Kier alpha value is -4.14. The molecule has 0 fully saturated rings. The van der Waals surface area contributed by atoms with E-state index in [-0.39, 0.29) is 54.7 Å². The second kappa shape index (κ2) is 11.5. The van der Waals surface area contributed by atoms with Crippen molar-refractivity contribution in [2.24, 2.45) is 5.41 Å². The zero-order valence-corrected chi connectivity index (χ0v) is 23.9. The Morgan fingerprint density at radius 1 is 0.975 bits per heavy atom. The first-order valence-electron chi connectivity index (χ1n) is 13.5. The Bertz CT molecular complexity index is 1560. The molecule has 0 bridgehead atoms. The molecule has 1 atom stereocenters. The summed E-state index contributed by atoms with van der Waals surface area (Å²) in [5.41, 5.74) is 3.29. The molecule has 1 aromatic carbocycles. The first-order chi connectivity index (χ1) is 19.0. The summed E-state index contributed by atoms with van der Waals surface area (Å²) in [5, 5.41) is 0. The van der Waals surface area contributed by atoms with E-state index in [9.17, 15) is 19.2 Å². The normalized spacial score (nSPS) is 14.2. The van der Waals surface area contributed by atoms with Crippen LogP contribution in [0.4, 0.5) is 0 Å². The smallest absolute Gasteiger partial charge is 0.343 e. The third kappa shape index (κ3) is 5.73. The molecule has 0 saturated carbocycles. The topological polar surface area (TPSA) is 106 Å². The number of pyridine rings is 2. The second-order valence-corrected chi connectivity index (χ2v) is 10.9. The minimum Gasteiger partial charge on any atom is -0.496 e. The van der Waals surface area contributed by atoms with Crippen LogP contribution in [0.15, 0.2) is 52.3 Å². The number of hydrogen-bond donors (Lipinski definition) is 0. The Balaban J connectivity index is 1.84. The summed E-state index contributed by atoms with van der Waals surface area (Å²) in [7, 11) is 1.57. The highest BCUT2D eigenvalue weighted by Gasteiger charge is 2.34. The Labute approximate surface area is 233 Å². The van der Waals surface area contributed by atoms with Crippen LogP contribution in [0.25, 0.3) is 22.4 Å². The number of rotatable bonds is 8. The summed E-state index contributed by atoms with van der Waals surface area (Å²) in [4.78, 5) is 49.9. The summed E-state index contributed by atoms with van der Waals surface area (Å²) in [6.07, 6.45) is 4.08. The number of esters is 2. The fraction of sp³-hybridized carbons (Fsp3) is 0.419. The van der Waals surface area contributed by atoms with Gasteiger partial charge >= 0.3 is 11.9 Å². The number of fused-ring (bicyclic) bond motifs is 3. The Kier molecular flexibility index (Phi) is 8.32. The highest BCUT2D eigenvalue weighted by Crippen LogP contribution is 2.45. The van der Waals surface area contributed by atoms with Crippen LogP contribution in [-0.2, 0) is 27.2 Å². The van der Waals surface area contributed by atoms with E-state index < -0.39 is 11.4 Å². The van der Waals surface area contributed by atoms with Crippen LogP contribution in [-0.4, -0.2) is 41.4 Å². The zero-order valence-electron chi connectivity index (χ0n) is 23.9. The van der Waals surface area contributed by atoms with Gasteiger partial charge in [0, 0.05) is 53.8 Å². The Morgan fingerprint density at radius 3 is 2.35 bits per heavy atom. The van der Waals surface area contributed by atoms with Crippen molar-refractivity contribution in [2.75, 3.05) is 20.3 Å². The second-order valence-electron chi connectivity index (χ2n) is 10.9. The van der Waals surface area contributed by atoms with Crippen LogP contribution in [0.5, 0.6) is 5.75 Å². The van der Waals surface area contributed by atoms with Gasteiger partial charge in [-0.2, -0.15) is 0 Å². The van der Waals surface area contributed by atoms with Crippen molar-refractivity contribution in [3.8, 4) is 28.1 Å². The van der Waals surface area contributed by atoms with Crippen LogP contribution < -0.4 is 15.7 Å². The highest BCUT2D eigenvalue weighted by atomic mass is 16.5. The van der Waals surface area contributed by atoms with Crippen molar-refractivity contribution in [1.29, 1.82) is 0 Å². The number of carbonyl (C=O) groups is 2. The summed E-state index contributed by atoms with van der Waals surface area (Å²) < 4.78 is 19.4. The minimum absolute atomic E-state index is 0.0111. The molecular formula is C31H36N2O7. The lowest BCUT2D eigenvalue weighted by molar-refractivity contribution is -0.143. The highest BCUT2D eigenvalue weighted by molar-refractivity contribution is 5.89. The lowest BCUT2D eigenvalue weighted by atomic mass is 9.78. The molecule has 0 N–H and O–H groups in total. The number of methoxy groups -OCH3 is 1. The molecule has 0 radical (unpaired) electrons. The fourth-order valence-electron chi connectivity index (χ4n) is 5.15. The average molecular weight is 549 g/mol. The van der Waals surface area contributed by atoms with E-state index in [1.807, 2.05) is 16.7 Å². The minimum atomic E-state index is -0.632. The monoisotopic (exact) mass is 548 g/mol. The van der Waals surface area contributed by atoms with Gasteiger partial charge in [-0.05, 0) is 49.4 Å². The predicted octanol–water partition coefficient (Wildman–Crippen LogP) is 4.63. The number of ether oxygens (including phenoxy) is 3. The fourth-order valence-corrected chi connectivity index (χ4v) is 5.15. The van der Waals surface area contributed by atoms with Crippen LogP contribution in [0.3, 0.4) is 0 Å². The van der Waals surface area contributed by atoms with Gasteiger partial charge in [-0.25, -0.2) is 4.79 Å². The summed E-state index contributed by atoms with van der Waals surface area (Å²) in [6.45, 7) is 10.5. The van der Waals surface area contributed by atoms with E-state index in [0.29, 0.717) is 17.9 Å². The van der Waals surface area contributed by atoms with Gasteiger partial charge in [-0.3, -0.25) is 14.4 Å². The number of carbonyl (C=O) groups excluding carboxylic acids is 2. The summed E-state index contributed by atoms with van der Waals surface area (Å²) >= 11 is 0. The van der Waals surface area contributed by atoms with Crippen molar-refractivity contribution in [3.63, 3.8) is 0 Å². The van der Waals surface area contributed by atoms with E-state index in [1.165, 1.54) is 16.7 Å². The maximum absolute atomic E-state index is 13.0. The lowest BCUT2D eigenvalue weighted by Gasteiger charge is -2.39. The molecular weight excluding hydrogens is 512 g/mol. The molecule has 212 valence electrons. The van der Waals surface area contributed by atoms with Gasteiger partial charge in [-0.15, -0.1) is 0 Å². The van der Waals surface area contributed by atoms with Crippen LogP contribution in [0.1, 0.15) is 63.0 Å². The molecule has 1 aliphatic heterocycles. The maximum atomic E-state index is 13.0. The summed E-state index contributed by atoms with van der Waals surface area (Å²) in [6, 6.07) is 8.59. The first-order valence-corrected chi connectivity index (χ1v) is 13.5. The van der Waals surface area contributed by atoms with Gasteiger partial charge in [0.05, 0.1) is 32.4 Å². The van der Waals surface area contributed by atoms with Crippen LogP contribution >= 0.6 is 0 Å². The van der Waals surface area contributed by atoms with Crippen molar-refractivity contribution in [2.45, 2.75) is 60.0 Å². The van der Waals surface area contributed by atoms with Gasteiger partial charge in [0.15, 0.2) is 5.43 Å². The van der Waals surface area contributed by atoms with Crippen molar-refractivity contribution in [1.82, 2.24) is 9.13 Å². The number of aromatic nitrogens is 2. The Morgan fingerprint density at radius 2 is 1.70 bits per heavy atom. The molecule has 3 aromatic rings. The third-order valence-electron chi connectivity index (χ3n) is 7.18. The van der Waals surface area contributed by atoms with E-state index in [1.54, 1.807) is 39.4 Å². The molecule has 9 heteroatoms. The number of benzene rings is 1. The zero-order chi connectivity index (χ0) is 29.2. The molecule has 4 rings (SSSR count). The molecule has 0 saturated heterocycles. The average Bonchev–Trinajstić information content (AvgIpc) is 2.90. The standard InChI is InChI=1S/C31H36N2O7/c1-7-39-29(36)11-12-32-17-19(9-10-28(32)35)22-13-20-14-27(31(3,4)5)33-18-23(30(37)40-8-2)25(34)16-24(33)21(20)15-26(22)38-6/h9-10,13,15-18,27H,7-8,11-12,14H2,1-6H3. The number of aryl methyl sites for hydroxylation is 1. The van der Waals surface area contributed by atoms with Crippen molar-refractivity contribution >= 4 is 11.9 Å². The SMILES string of the molecule is CCOC(=O)CCn1cc(-c2cc3c(cc2OC)-c2cc(=O)c(C(=O)OCC)cn2C(C(C)(C)C)C3)ccc1=O. The first kappa shape index (κ1) is 28.9. The van der Waals surface area contributed by atoms with Crippen LogP contribution in [0, 0.1) is 5.41 Å². The predicted molar refractivity (Wildman–Crippen MR) is 152 cm³/mol. The van der Waals surface area contributed by atoms with Gasteiger partial charge in [0.25, 0.3) is 5.56 Å². The van der Waals surface area contributed by atoms with E-state index in [2.05, 4.69) is 20.8 Å². The molecule has 3 heterocycles. The third-order valence-corrected chi connectivity index (χ3v) is 7.18. The van der Waals surface area contributed by atoms with Crippen LogP contribution in [0.2, 0.25) is 0 Å². The van der Waals surface area contributed by atoms with Gasteiger partial charge < -0.3 is 23.3 Å². The maximum Gasteiger partial charge on any atom is 0.343 e. The molecule has 40 heavy (non-hydrogen) atoms. The number of hydrogen-bond acceptors (Lipinski definition) is 7. The van der Waals surface area contributed by atoms with E-state index in [4.69, 9.17) is 14.2 Å². The molecule has 2 aromatic heterocycles. The molecule has 9 nitrogen and oxygen atoms in total. The van der Waals surface area contributed by atoms with Crippen molar-refractivity contribution in [3.05, 3.63) is 74.4 Å². The molecule has 0 aliphatic carbocycles. The lowest BCUT2D eigenvalue weighted by Crippen LogP contribution is -2.33. The molecule has 0 spiro atoms. The van der Waals surface area contributed by atoms with Gasteiger partial charge in [-0.1, -0.05) is 20.8 Å². The van der Waals surface area contributed by atoms with Gasteiger partial charge in [0.2, 0.25) is 0 Å². The van der Waals surface area contributed by atoms with E-state index >= 15 is 0 Å². The van der Waals surface area contributed by atoms with Crippen molar-refractivity contribution < 1.29 is 23.8 Å². The largest absolute Gasteiger partial charge is 0.496 e. The molecule has 0 amide bonds. The number of nitrogens with zero attached hydrogens (tertiary/aromatic N) is 2. The summed E-state index contributed by atoms with van der Waals surface area (Å²) in [5.74, 6) is -0.427.